The van der Waals surface area contributed by atoms with Crippen molar-refractivity contribution in [3.63, 3.8) is 0 Å². The standard InChI is InChI=1S/C15H13FN2O2/c1-15(11-3-2-8-17-9-11)13(20-14(19)18-15)10-4-6-12(16)7-5-10/h2-9,13H,1H3,(H,18,19)/t13-,15-/m1/s1. The molecule has 1 N–H and O–H groups in total. The fourth-order valence-corrected chi connectivity index (χ4v) is 2.46. The zero-order valence-corrected chi connectivity index (χ0v) is 10.8. The number of ether oxygens (including phenoxy) is 1. The van der Waals surface area contributed by atoms with Gasteiger partial charge in [0.1, 0.15) is 11.4 Å². The molecule has 1 aromatic carbocycles. The van der Waals surface area contributed by atoms with Gasteiger partial charge >= 0.3 is 6.09 Å². The molecule has 4 nitrogen and oxygen atoms in total. The maximum atomic E-state index is 13.0. The second-order valence-electron chi connectivity index (χ2n) is 4.91. The Hall–Kier alpha value is -2.43. The fourth-order valence-electron chi connectivity index (χ4n) is 2.46. The Morgan fingerprint density at radius 2 is 2.05 bits per heavy atom. The molecule has 1 aromatic heterocycles. The summed E-state index contributed by atoms with van der Waals surface area (Å²) in [4.78, 5) is 15.7. The van der Waals surface area contributed by atoms with Crippen LogP contribution in [0.15, 0.2) is 48.8 Å². The molecule has 2 heterocycles. The Balaban J connectivity index is 2.04. The molecule has 2 atom stereocenters. The van der Waals surface area contributed by atoms with Gasteiger partial charge in [0, 0.05) is 12.4 Å². The molecular weight excluding hydrogens is 259 g/mol. The number of pyridine rings is 1. The van der Waals surface area contributed by atoms with Gasteiger partial charge < -0.3 is 10.1 Å². The van der Waals surface area contributed by atoms with E-state index in [0.29, 0.717) is 0 Å². The Labute approximate surface area is 115 Å². The maximum Gasteiger partial charge on any atom is 0.408 e. The van der Waals surface area contributed by atoms with Crippen molar-refractivity contribution < 1.29 is 13.9 Å². The Bertz CT molecular complexity index is 630. The van der Waals surface area contributed by atoms with Gasteiger partial charge in [-0.05, 0) is 36.2 Å². The van der Waals surface area contributed by atoms with Crippen LogP contribution < -0.4 is 5.32 Å². The van der Waals surface area contributed by atoms with Gasteiger partial charge in [0.25, 0.3) is 0 Å². The summed E-state index contributed by atoms with van der Waals surface area (Å²) >= 11 is 0. The molecule has 1 amide bonds. The molecule has 0 unspecified atom stereocenters. The van der Waals surface area contributed by atoms with E-state index < -0.39 is 17.7 Å². The molecule has 1 fully saturated rings. The molecule has 102 valence electrons. The summed E-state index contributed by atoms with van der Waals surface area (Å²) in [5, 5.41) is 2.81. The smallest absolute Gasteiger partial charge is 0.408 e. The summed E-state index contributed by atoms with van der Waals surface area (Å²) in [6, 6.07) is 9.62. The number of cyclic esters (lactones) is 1. The SMILES string of the molecule is C[C@]1(c2cccnc2)NC(=O)O[C@@H]1c1ccc(F)cc1. The number of amides is 1. The van der Waals surface area contributed by atoms with Crippen LogP contribution in [0.4, 0.5) is 9.18 Å². The van der Waals surface area contributed by atoms with Crippen molar-refractivity contribution in [2.24, 2.45) is 0 Å². The number of nitrogens with zero attached hydrogens (tertiary/aromatic N) is 1. The minimum atomic E-state index is -0.733. The molecule has 0 aliphatic carbocycles. The molecule has 5 heteroatoms. The summed E-state index contributed by atoms with van der Waals surface area (Å²) in [5.41, 5.74) is 0.833. The predicted molar refractivity (Wildman–Crippen MR) is 70.3 cm³/mol. The Morgan fingerprint density at radius 1 is 1.30 bits per heavy atom. The summed E-state index contributed by atoms with van der Waals surface area (Å²) in [6.45, 7) is 1.86. The number of aromatic nitrogens is 1. The molecule has 0 radical (unpaired) electrons. The zero-order valence-electron chi connectivity index (χ0n) is 10.8. The van der Waals surface area contributed by atoms with E-state index in [1.54, 1.807) is 30.6 Å². The average molecular weight is 272 g/mol. The average Bonchev–Trinajstić information content (AvgIpc) is 2.77. The van der Waals surface area contributed by atoms with E-state index in [1.807, 2.05) is 13.0 Å². The van der Waals surface area contributed by atoms with E-state index in [-0.39, 0.29) is 5.82 Å². The number of halogens is 1. The lowest BCUT2D eigenvalue weighted by molar-refractivity contribution is 0.112. The van der Waals surface area contributed by atoms with E-state index in [0.717, 1.165) is 11.1 Å². The van der Waals surface area contributed by atoms with Gasteiger partial charge in [0.15, 0.2) is 6.10 Å². The zero-order chi connectivity index (χ0) is 14.2. The van der Waals surface area contributed by atoms with Crippen molar-refractivity contribution in [2.75, 3.05) is 0 Å². The highest BCUT2D eigenvalue weighted by Crippen LogP contribution is 2.41. The second kappa shape index (κ2) is 4.59. The van der Waals surface area contributed by atoms with Crippen LogP contribution in [-0.4, -0.2) is 11.1 Å². The van der Waals surface area contributed by atoms with Crippen molar-refractivity contribution in [3.05, 3.63) is 65.7 Å². The minimum absolute atomic E-state index is 0.325. The topological polar surface area (TPSA) is 51.2 Å². The molecule has 1 aliphatic rings. The first-order chi connectivity index (χ1) is 9.59. The van der Waals surface area contributed by atoms with Gasteiger partial charge in [-0.25, -0.2) is 9.18 Å². The third-order valence-corrected chi connectivity index (χ3v) is 3.54. The van der Waals surface area contributed by atoms with Crippen molar-refractivity contribution in [2.45, 2.75) is 18.6 Å². The van der Waals surface area contributed by atoms with Crippen molar-refractivity contribution >= 4 is 6.09 Å². The highest BCUT2D eigenvalue weighted by molar-refractivity contribution is 5.72. The van der Waals surface area contributed by atoms with Crippen LogP contribution in [0, 0.1) is 5.82 Å². The van der Waals surface area contributed by atoms with Gasteiger partial charge in [-0.3, -0.25) is 4.98 Å². The number of alkyl carbamates (subject to hydrolysis) is 1. The number of hydrogen-bond acceptors (Lipinski definition) is 3. The molecule has 0 bridgehead atoms. The van der Waals surface area contributed by atoms with E-state index in [9.17, 15) is 9.18 Å². The minimum Gasteiger partial charge on any atom is -0.438 e. The van der Waals surface area contributed by atoms with Crippen LogP contribution in [0.1, 0.15) is 24.2 Å². The second-order valence-corrected chi connectivity index (χ2v) is 4.91. The number of hydrogen-bond donors (Lipinski definition) is 1. The molecular formula is C15H13FN2O2. The van der Waals surface area contributed by atoms with Crippen LogP contribution in [-0.2, 0) is 10.3 Å². The van der Waals surface area contributed by atoms with Crippen LogP contribution in [0.25, 0.3) is 0 Å². The maximum absolute atomic E-state index is 13.0. The number of carbonyl (C=O) groups excluding carboxylic acids is 1. The van der Waals surface area contributed by atoms with Crippen molar-refractivity contribution in [3.8, 4) is 0 Å². The predicted octanol–water partition coefficient (Wildman–Crippen LogP) is 2.92. The highest BCUT2D eigenvalue weighted by atomic mass is 19.1. The molecule has 2 aromatic rings. The summed E-state index contributed by atoms with van der Waals surface area (Å²) < 4.78 is 18.4. The van der Waals surface area contributed by atoms with Crippen LogP contribution >= 0.6 is 0 Å². The van der Waals surface area contributed by atoms with Gasteiger partial charge in [-0.15, -0.1) is 0 Å². The molecule has 1 saturated heterocycles. The summed E-state index contributed by atoms with van der Waals surface area (Å²) in [5.74, 6) is -0.325. The van der Waals surface area contributed by atoms with Gasteiger partial charge in [-0.1, -0.05) is 18.2 Å². The van der Waals surface area contributed by atoms with Crippen LogP contribution in [0.3, 0.4) is 0 Å². The highest BCUT2D eigenvalue weighted by Gasteiger charge is 2.47. The summed E-state index contributed by atoms with van der Waals surface area (Å²) in [6.07, 6.45) is 2.33. The van der Waals surface area contributed by atoms with E-state index in [1.165, 1.54) is 12.1 Å². The first-order valence-corrected chi connectivity index (χ1v) is 6.24. The first kappa shape index (κ1) is 12.6. The van der Waals surface area contributed by atoms with Crippen LogP contribution in [0.2, 0.25) is 0 Å². The van der Waals surface area contributed by atoms with Crippen LogP contribution in [0.5, 0.6) is 0 Å². The van der Waals surface area contributed by atoms with E-state index in [2.05, 4.69) is 10.3 Å². The van der Waals surface area contributed by atoms with Gasteiger partial charge in [-0.2, -0.15) is 0 Å². The quantitative estimate of drug-likeness (QED) is 0.914. The van der Waals surface area contributed by atoms with Gasteiger partial charge in [0.2, 0.25) is 0 Å². The third-order valence-electron chi connectivity index (χ3n) is 3.54. The lowest BCUT2D eigenvalue weighted by Gasteiger charge is -2.28. The molecule has 1 aliphatic heterocycles. The molecule has 20 heavy (non-hydrogen) atoms. The Kier molecular flexibility index (Phi) is 2.89. The number of rotatable bonds is 2. The monoisotopic (exact) mass is 272 g/mol. The third kappa shape index (κ3) is 2.01. The van der Waals surface area contributed by atoms with Gasteiger partial charge in [0.05, 0.1) is 0 Å². The van der Waals surface area contributed by atoms with E-state index in [4.69, 9.17) is 4.74 Å². The fraction of sp³-hybridized carbons (Fsp3) is 0.200. The lowest BCUT2D eigenvalue weighted by Crippen LogP contribution is -2.38. The molecule has 0 saturated carbocycles. The summed E-state index contributed by atoms with van der Waals surface area (Å²) in [7, 11) is 0. The number of carbonyl (C=O) groups is 1. The number of benzene rings is 1. The number of nitrogens with one attached hydrogen (secondary N) is 1. The first-order valence-electron chi connectivity index (χ1n) is 6.24. The largest absolute Gasteiger partial charge is 0.438 e. The lowest BCUT2D eigenvalue weighted by atomic mass is 9.84. The van der Waals surface area contributed by atoms with Crippen molar-refractivity contribution in [1.82, 2.24) is 10.3 Å². The van der Waals surface area contributed by atoms with Crippen molar-refractivity contribution in [1.29, 1.82) is 0 Å². The molecule has 3 rings (SSSR count). The molecule has 0 spiro atoms. The Morgan fingerprint density at radius 3 is 2.70 bits per heavy atom. The normalized spacial score (nSPS) is 25.1. The van der Waals surface area contributed by atoms with E-state index >= 15 is 0 Å².